The van der Waals surface area contributed by atoms with E-state index in [4.69, 9.17) is 9.47 Å². The van der Waals surface area contributed by atoms with Crippen LogP contribution in [0, 0.1) is 11.3 Å². The zero-order valence-corrected chi connectivity index (χ0v) is 17.6. The van der Waals surface area contributed by atoms with E-state index >= 15 is 0 Å². The maximum absolute atomic E-state index is 12.5. The van der Waals surface area contributed by atoms with Crippen molar-refractivity contribution in [1.82, 2.24) is 0 Å². The molecule has 3 unspecified atom stereocenters. The first-order chi connectivity index (χ1) is 14.4. The Morgan fingerprint density at radius 2 is 2.00 bits per heavy atom. The Balaban J connectivity index is 1.42. The number of esters is 1. The van der Waals surface area contributed by atoms with Gasteiger partial charge in [-0.3, -0.25) is 9.59 Å². The topological polar surface area (TPSA) is 52.6 Å². The van der Waals surface area contributed by atoms with Crippen molar-refractivity contribution >= 4 is 11.8 Å². The van der Waals surface area contributed by atoms with Crippen LogP contribution in [0.4, 0.5) is 0 Å². The standard InChI is InChI=1S/C26H28O4/c1-17-11-23-16-30-25(28)26(23,13-17)14-21-5-4-6-24(12-21)29-15-20-7-9-22(10-8-20)18(2)19(3)27/h4-10,12,18,23H,1,11,13-16H2,2-3H3. The van der Waals surface area contributed by atoms with Gasteiger partial charge in [0.15, 0.2) is 0 Å². The Morgan fingerprint density at radius 1 is 1.23 bits per heavy atom. The molecule has 0 aromatic heterocycles. The number of allylic oxidation sites excluding steroid dienone is 1. The fourth-order valence-corrected chi connectivity index (χ4v) is 4.68. The Labute approximate surface area is 177 Å². The highest BCUT2D eigenvalue weighted by Crippen LogP contribution is 2.52. The Hall–Kier alpha value is -2.88. The molecule has 156 valence electrons. The van der Waals surface area contributed by atoms with Crippen LogP contribution in [0.5, 0.6) is 5.75 Å². The van der Waals surface area contributed by atoms with Gasteiger partial charge in [0.2, 0.25) is 0 Å². The van der Waals surface area contributed by atoms with Gasteiger partial charge in [0.25, 0.3) is 0 Å². The highest BCUT2D eigenvalue weighted by molar-refractivity contribution is 5.83. The van der Waals surface area contributed by atoms with Crippen LogP contribution in [0.15, 0.2) is 60.7 Å². The van der Waals surface area contributed by atoms with E-state index in [0.717, 1.165) is 34.4 Å². The van der Waals surface area contributed by atoms with Crippen molar-refractivity contribution in [2.75, 3.05) is 6.61 Å². The number of hydrogen-bond donors (Lipinski definition) is 0. The highest BCUT2D eigenvalue weighted by Gasteiger charge is 2.55. The number of cyclic esters (lactones) is 1. The molecule has 0 radical (unpaired) electrons. The second kappa shape index (κ2) is 8.10. The van der Waals surface area contributed by atoms with Gasteiger partial charge in [-0.2, -0.15) is 0 Å². The van der Waals surface area contributed by atoms with Crippen LogP contribution in [0.25, 0.3) is 0 Å². The predicted molar refractivity (Wildman–Crippen MR) is 115 cm³/mol. The van der Waals surface area contributed by atoms with Crippen molar-refractivity contribution in [2.45, 2.75) is 45.6 Å². The van der Waals surface area contributed by atoms with Crippen LogP contribution >= 0.6 is 0 Å². The van der Waals surface area contributed by atoms with E-state index in [0.29, 0.717) is 26.1 Å². The van der Waals surface area contributed by atoms with Gasteiger partial charge in [-0.1, -0.05) is 55.5 Å². The summed E-state index contributed by atoms with van der Waals surface area (Å²) < 4.78 is 11.4. The molecule has 1 aliphatic carbocycles. The lowest BCUT2D eigenvalue weighted by Crippen LogP contribution is -2.31. The average molecular weight is 405 g/mol. The summed E-state index contributed by atoms with van der Waals surface area (Å²) in [4.78, 5) is 24.1. The van der Waals surface area contributed by atoms with Gasteiger partial charge in [-0.25, -0.2) is 0 Å². The summed E-state index contributed by atoms with van der Waals surface area (Å²) in [7, 11) is 0. The number of ketones is 1. The number of carbonyl (C=O) groups excluding carboxylic acids is 2. The number of ether oxygens (including phenoxy) is 2. The maximum Gasteiger partial charge on any atom is 0.313 e. The lowest BCUT2D eigenvalue weighted by molar-refractivity contribution is -0.146. The van der Waals surface area contributed by atoms with Crippen LogP contribution in [-0.4, -0.2) is 18.4 Å². The summed E-state index contributed by atoms with van der Waals surface area (Å²) in [5.74, 6) is 1.00. The lowest BCUT2D eigenvalue weighted by atomic mass is 9.75. The van der Waals surface area contributed by atoms with Gasteiger partial charge in [0.1, 0.15) is 18.1 Å². The molecule has 30 heavy (non-hydrogen) atoms. The molecule has 0 bridgehead atoms. The highest BCUT2D eigenvalue weighted by atomic mass is 16.5. The van der Waals surface area contributed by atoms with Gasteiger partial charge in [0.05, 0.1) is 12.0 Å². The molecule has 4 heteroatoms. The third-order valence-corrected chi connectivity index (χ3v) is 6.62. The SMILES string of the molecule is C=C1CC2COC(=O)C2(Cc2cccc(OCc3ccc(C(C)C(C)=O)cc3)c2)C1. The lowest BCUT2D eigenvalue weighted by Gasteiger charge is -2.24. The molecule has 0 spiro atoms. The number of benzene rings is 2. The molecule has 2 aromatic carbocycles. The number of rotatable bonds is 7. The minimum absolute atomic E-state index is 0.0858. The van der Waals surface area contributed by atoms with E-state index in [9.17, 15) is 9.59 Å². The maximum atomic E-state index is 12.5. The molecular formula is C26H28O4. The molecule has 1 saturated carbocycles. The van der Waals surface area contributed by atoms with E-state index < -0.39 is 5.41 Å². The van der Waals surface area contributed by atoms with E-state index in [1.165, 1.54) is 0 Å². The molecule has 2 aliphatic rings. The van der Waals surface area contributed by atoms with Crippen molar-refractivity contribution in [1.29, 1.82) is 0 Å². The predicted octanol–water partition coefficient (Wildman–Crippen LogP) is 5.01. The van der Waals surface area contributed by atoms with Gasteiger partial charge >= 0.3 is 5.97 Å². The fraction of sp³-hybridized carbons (Fsp3) is 0.385. The van der Waals surface area contributed by atoms with Gasteiger partial charge in [-0.05, 0) is 55.0 Å². The van der Waals surface area contributed by atoms with Crippen molar-refractivity contribution in [2.24, 2.45) is 11.3 Å². The summed E-state index contributed by atoms with van der Waals surface area (Å²) in [5, 5.41) is 0. The summed E-state index contributed by atoms with van der Waals surface area (Å²) in [5.41, 5.74) is 3.83. The monoisotopic (exact) mass is 404 g/mol. The first-order valence-electron chi connectivity index (χ1n) is 10.5. The van der Waals surface area contributed by atoms with Crippen molar-refractivity contribution in [3.05, 3.63) is 77.4 Å². The van der Waals surface area contributed by atoms with E-state index in [1.807, 2.05) is 55.5 Å². The zero-order valence-electron chi connectivity index (χ0n) is 17.6. The second-order valence-electron chi connectivity index (χ2n) is 8.77. The summed E-state index contributed by atoms with van der Waals surface area (Å²) in [6.45, 7) is 8.60. The van der Waals surface area contributed by atoms with Crippen molar-refractivity contribution in [3.63, 3.8) is 0 Å². The van der Waals surface area contributed by atoms with E-state index in [-0.39, 0.29) is 23.6 Å². The Kier molecular flexibility index (Phi) is 5.50. The summed E-state index contributed by atoms with van der Waals surface area (Å²) >= 11 is 0. The van der Waals surface area contributed by atoms with E-state index in [2.05, 4.69) is 6.58 Å². The van der Waals surface area contributed by atoms with E-state index in [1.54, 1.807) is 6.92 Å². The molecule has 1 heterocycles. The molecule has 1 aliphatic heterocycles. The first-order valence-corrected chi connectivity index (χ1v) is 10.5. The van der Waals surface area contributed by atoms with Gasteiger partial charge in [0, 0.05) is 11.8 Å². The van der Waals surface area contributed by atoms with Crippen molar-refractivity contribution < 1.29 is 19.1 Å². The molecule has 4 nitrogen and oxygen atoms in total. The molecule has 2 aromatic rings. The first kappa shape index (κ1) is 20.4. The smallest absolute Gasteiger partial charge is 0.313 e. The molecule has 3 atom stereocenters. The molecular weight excluding hydrogens is 376 g/mol. The molecule has 0 amide bonds. The third-order valence-electron chi connectivity index (χ3n) is 6.62. The fourth-order valence-electron chi connectivity index (χ4n) is 4.68. The quantitative estimate of drug-likeness (QED) is 0.481. The number of fused-ring (bicyclic) bond motifs is 1. The summed E-state index contributed by atoms with van der Waals surface area (Å²) in [6, 6.07) is 15.9. The molecule has 1 saturated heterocycles. The van der Waals surface area contributed by atoms with Crippen LogP contribution < -0.4 is 4.74 Å². The normalized spacial score (nSPS) is 23.7. The van der Waals surface area contributed by atoms with Crippen LogP contribution in [0.2, 0.25) is 0 Å². The van der Waals surface area contributed by atoms with Crippen LogP contribution in [0.1, 0.15) is 49.3 Å². The zero-order chi connectivity index (χ0) is 21.3. The molecule has 2 fully saturated rings. The average Bonchev–Trinajstić information content (AvgIpc) is 3.20. The number of carbonyl (C=O) groups is 2. The van der Waals surface area contributed by atoms with Crippen molar-refractivity contribution in [3.8, 4) is 5.75 Å². The third kappa shape index (κ3) is 3.91. The Bertz CT molecular complexity index is 975. The molecule has 0 N–H and O–H groups in total. The number of hydrogen-bond acceptors (Lipinski definition) is 4. The Morgan fingerprint density at radius 3 is 2.73 bits per heavy atom. The van der Waals surface area contributed by atoms with Crippen LogP contribution in [0.3, 0.4) is 0 Å². The molecule has 4 rings (SSSR count). The van der Waals surface area contributed by atoms with Gasteiger partial charge in [-0.15, -0.1) is 0 Å². The minimum Gasteiger partial charge on any atom is -0.489 e. The van der Waals surface area contributed by atoms with Crippen LogP contribution in [-0.2, 0) is 27.4 Å². The second-order valence-corrected chi connectivity index (χ2v) is 8.77. The largest absolute Gasteiger partial charge is 0.489 e. The summed E-state index contributed by atoms with van der Waals surface area (Å²) in [6.07, 6.45) is 2.25. The minimum atomic E-state index is -0.459. The van der Waals surface area contributed by atoms with Gasteiger partial charge < -0.3 is 9.47 Å². The number of Topliss-reactive ketones (excluding diaryl/α,β-unsaturated/α-hetero) is 1.